The normalized spacial score (nSPS) is 10.4. The van der Waals surface area contributed by atoms with Crippen LogP contribution < -0.4 is 0 Å². The van der Waals surface area contributed by atoms with Crippen LogP contribution in [-0.4, -0.2) is 21.4 Å². The smallest absolute Gasteiger partial charge is 0.138 e. The fraction of sp³-hybridized carbons (Fsp3) is 0.182. The van der Waals surface area contributed by atoms with Crippen LogP contribution in [0.5, 0.6) is 0 Å². The molecule has 2 aromatic heterocycles. The van der Waals surface area contributed by atoms with Gasteiger partial charge in [0.05, 0.1) is 5.69 Å². The minimum atomic E-state index is 0. The molecule has 6 heteroatoms. The zero-order chi connectivity index (χ0) is 11.2. The highest BCUT2D eigenvalue weighted by Crippen LogP contribution is 2.10. The number of rotatable bonds is 4. The number of hydrogen-bond donors (Lipinski definition) is 1. The monoisotopic (exact) mass is 269 g/mol. The molecule has 0 amide bonds. The van der Waals surface area contributed by atoms with Gasteiger partial charge < -0.3 is 5.21 Å². The molecule has 1 N–H and O–H groups in total. The maximum absolute atomic E-state index is 8.36. The summed E-state index contributed by atoms with van der Waals surface area (Å²) in [5.74, 6) is 0. The zero-order valence-corrected chi connectivity index (χ0v) is 10.6. The van der Waals surface area contributed by atoms with Gasteiger partial charge in [0.1, 0.15) is 11.2 Å². The predicted octanol–water partition coefficient (Wildman–Crippen LogP) is 2.55. The Balaban J connectivity index is 0.00000144. The van der Waals surface area contributed by atoms with Gasteiger partial charge in [0.2, 0.25) is 0 Å². The lowest BCUT2D eigenvalue weighted by Gasteiger charge is -1.97. The molecule has 2 aromatic rings. The van der Waals surface area contributed by atoms with Gasteiger partial charge in [-0.2, -0.15) is 0 Å². The maximum Gasteiger partial charge on any atom is 0.138 e. The van der Waals surface area contributed by atoms with Crippen LogP contribution in [-0.2, 0) is 12.8 Å². The summed E-state index contributed by atoms with van der Waals surface area (Å²) in [5.41, 5.74) is 2.22. The van der Waals surface area contributed by atoms with Crippen LogP contribution in [0.4, 0.5) is 0 Å². The van der Waals surface area contributed by atoms with Crippen molar-refractivity contribution in [2.24, 2.45) is 5.16 Å². The number of thiazole rings is 1. The molecular formula is C11H12ClN3OS. The largest absolute Gasteiger partial charge is 0.411 e. The van der Waals surface area contributed by atoms with Gasteiger partial charge >= 0.3 is 0 Å². The maximum atomic E-state index is 8.36. The SMILES string of the molecule is Cl.O/N=C\c1nc(CCc2cccnc2)cs1. The quantitative estimate of drug-likeness (QED) is 0.527. The van der Waals surface area contributed by atoms with Crippen LogP contribution in [0.1, 0.15) is 16.3 Å². The third kappa shape index (κ3) is 4.13. The zero-order valence-electron chi connectivity index (χ0n) is 8.98. The minimum Gasteiger partial charge on any atom is -0.411 e. The van der Waals surface area contributed by atoms with Crippen LogP contribution in [0, 0.1) is 0 Å². The van der Waals surface area contributed by atoms with E-state index in [1.165, 1.54) is 23.1 Å². The molecule has 2 rings (SSSR count). The number of aromatic nitrogens is 2. The molecule has 0 aromatic carbocycles. The van der Waals surface area contributed by atoms with Crippen molar-refractivity contribution in [3.63, 3.8) is 0 Å². The first kappa shape index (κ1) is 13.6. The summed E-state index contributed by atoms with van der Waals surface area (Å²) in [6, 6.07) is 3.98. The average molecular weight is 270 g/mol. The van der Waals surface area contributed by atoms with E-state index in [1.54, 1.807) is 6.20 Å². The van der Waals surface area contributed by atoms with Gasteiger partial charge in [-0.05, 0) is 24.5 Å². The van der Waals surface area contributed by atoms with Crippen LogP contribution in [0.25, 0.3) is 0 Å². The summed E-state index contributed by atoms with van der Waals surface area (Å²) < 4.78 is 0. The second-order valence-electron chi connectivity index (χ2n) is 3.28. The molecule has 0 bridgehead atoms. The first-order valence-corrected chi connectivity index (χ1v) is 5.77. The number of pyridine rings is 1. The average Bonchev–Trinajstić information content (AvgIpc) is 2.76. The van der Waals surface area contributed by atoms with E-state index in [0.29, 0.717) is 0 Å². The van der Waals surface area contributed by atoms with E-state index in [4.69, 9.17) is 5.21 Å². The molecule has 17 heavy (non-hydrogen) atoms. The van der Waals surface area contributed by atoms with Gasteiger partial charge in [-0.1, -0.05) is 11.2 Å². The van der Waals surface area contributed by atoms with Gasteiger partial charge in [-0.25, -0.2) is 4.98 Å². The van der Waals surface area contributed by atoms with Crippen molar-refractivity contribution >= 4 is 30.0 Å². The minimum absolute atomic E-state index is 0. The van der Waals surface area contributed by atoms with E-state index in [2.05, 4.69) is 21.2 Å². The molecule has 0 spiro atoms. The summed E-state index contributed by atoms with van der Waals surface area (Å²) in [6.45, 7) is 0. The van der Waals surface area contributed by atoms with Crippen LogP contribution in [0.2, 0.25) is 0 Å². The van der Waals surface area contributed by atoms with Gasteiger partial charge in [0.15, 0.2) is 0 Å². The molecule has 90 valence electrons. The summed E-state index contributed by atoms with van der Waals surface area (Å²) in [6.07, 6.45) is 6.78. The first-order chi connectivity index (χ1) is 7.88. The standard InChI is InChI=1S/C11H11N3OS.ClH/c15-13-7-11-14-10(8-16-11)4-3-9-2-1-5-12-6-9;/h1-2,5-8,15H,3-4H2;1H/b13-7-;. The molecule has 0 aliphatic rings. The second kappa shape index (κ2) is 6.98. The topological polar surface area (TPSA) is 58.4 Å². The summed E-state index contributed by atoms with van der Waals surface area (Å²) in [7, 11) is 0. The van der Waals surface area contributed by atoms with E-state index < -0.39 is 0 Å². The third-order valence-electron chi connectivity index (χ3n) is 2.13. The Hall–Kier alpha value is -1.46. The summed E-state index contributed by atoms with van der Waals surface area (Å²) in [5, 5.41) is 14.0. The third-order valence-corrected chi connectivity index (χ3v) is 2.96. The van der Waals surface area contributed by atoms with Gasteiger partial charge in [0.25, 0.3) is 0 Å². The number of hydrogen-bond acceptors (Lipinski definition) is 5. The van der Waals surface area contributed by atoms with E-state index >= 15 is 0 Å². The summed E-state index contributed by atoms with van der Waals surface area (Å²) >= 11 is 1.47. The van der Waals surface area contributed by atoms with Crippen molar-refractivity contribution < 1.29 is 5.21 Å². The molecule has 0 saturated heterocycles. The van der Waals surface area contributed by atoms with Crippen molar-refractivity contribution in [2.45, 2.75) is 12.8 Å². The Kier molecular flexibility index (Phi) is 5.59. The Bertz CT molecular complexity index is 473. The molecule has 2 heterocycles. The highest BCUT2D eigenvalue weighted by atomic mass is 35.5. The van der Waals surface area contributed by atoms with Crippen LogP contribution in [0.3, 0.4) is 0 Å². The molecule has 0 fully saturated rings. The van der Waals surface area contributed by atoms with E-state index in [0.717, 1.165) is 23.5 Å². The van der Waals surface area contributed by atoms with Crippen molar-refractivity contribution in [1.29, 1.82) is 0 Å². The summed E-state index contributed by atoms with van der Waals surface area (Å²) in [4.78, 5) is 8.36. The van der Waals surface area contributed by atoms with E-state index in [9.17, 15) is 0 Å². The molecule has 0 atom stereocenters. The van der Waals surface area contributed by atoms with E-state index in [-0.39, 0.29) is 12.4 Å². The predicted molar refractivity (Wildman–Crippen MR) is 70.4 cm³/mol. The Morgan fingerprint density at radius 3 is 3.00 bits per heavy atom. The van der Waals surface area contributed by atoms with Gasteiger partial charge in [-0.15, -0.1) is 23.7 Å². The first-order valence-electron chi connectivity index (χ1n) is 4.89. The van der Waals surface area contributed by atoms with Gasteiger partial charge in [0, 0.05) is 17.8 Å². The number of nitrogens with zero attached hydrogens (tertiary/aromatic N) is 3. The lowest BCUT2D eigenvalue weighted by molar-refractivity contribution is 0.322. The fourth-order valence-corrected chi connectivity index (χ4v) is 2.07. The Morgan fingerprint density at radius 1 is 1.41 bits per heavy atom. The van der Waals surface area contributed by atoms with Crippen LogP contribution in [0.15, 0.2) is 35.1 Å². The molecule has 0 saturated carbocycles. The Morgan fingerprint density at radius 2 is 2.29 bits per heavy atom. The lowest BCUT2D eigenvalue weighted by atomic mass is 10.1. The number of halogens is 1. The fourth-order valence-electron chi connectivity index (χ4n) is 1.36. The molecule has 0 aliphatic carbocycles. The molecule has 0 aliphatic heterocycles. The van der Waals surface area contributed by atoms with Crippen molar-refractivity contribution in [3.05, 3.63) is 46.2 Å². The van der Waals surface area contributed by atoms with E-state index in [1.807, 2.05) is 17.6 Å². The highest BCUT2D eigenvalue weighted by molar-refractivity contribution is 7.11. The second-order valence-corrected chi connectivity index (χ2v) is 4.17. The number of oxime groups is 1. The molecular weight excluding hydrogens is 258 g/mol. The van der Waals surface area contributed by atoms with Crippen molar-refractivity contribution in [2.75, 3.05) is 0 Å². The number of aryl methyl sites for hydroxylation is 2. The lowest BCUT2D eigenvalue weighted by Crippen LogP contribution is -1.92. The molecule has 0 unspecified atom stereocenters. The van der Waals surface area contributed by atoms with Crippen LogP contribution >= 0.6 is 23.7 Å². The highest BCUT2D eigenvalue weighted by Gasteiger charge is 2.00. The van der Waals surface area contributed by atoms with Gasteiger partial charge in [-0.3, -0.25) is 4.98 Å². The molecule has 4 nitrogen and oxygen atoms in total. The molecule has 0 radical (unpaired) electrons. The van der Waals surface area contributed by atoms with Crippen molar-refractivity contribution in [1.82, 2.24) is 9.97 Å². The Labute approximate surface area is 109 Å². The van der Waals surface area contributed by atoms with Crippen molar-refractivity contribution in [3.8, 4) is 0 Å².